The zero-order valence-corrected chi connectivity index (χ0v) is 10.6. The molecule has 0 heterocycles. The van der Waals surface area contributed by atoms with E-state index in [1.165, 1.54) is 0 Å². The van der Waals surface area contributed by atoms with Crippen LogP contribution in [-0.2, 0) is 0 Å². The van der Waals surface area contributed by atoms with Crippen molar-refractivity contribution in [2.45, 2.75) is 0 Å². The summed E-state index contributed by atoms with van der Waals surface area (Å²) in [6.07, 6.45) is 0. The van der Waals surface area contributed by atoms with E-state index in [0.29, 0.717) is 6.07 Å². The summed E-state index contributed by atoms with van der Waals surface area (Å²) in [6, 6.07) is 1.50. The third-order valence-corrected chi connectivity index (χ3v) is 2.53. The van der Waals surface area contributed by atoms with Gasteiger partial charge in [-0.2, -0.15) is 0 Å². The number of nitrogens with one attached hydrogen (secondary N) is 1. The Balaban J connectivity index is 3.51. The summed E-state index contributed by atoms with van der Waals surface area (Å²) < 4.78 is 0. The number of aliphatic hydroxyl groups excluding tert-OH is 1. The average Bonchev–Trinajstić information content (AvgIpc) is 2.42. The molecule has 1 rings (SSSR count). The van der Waals surface area contributed by atoms with Crippen molar-refractivity contribution in [3.8, 4) is 0 Å². The molecule has 0 fully saturated rings. The number of hydrogen-bond donors (Lipinski definition) is 5. The summed E-state index contributed by atoms with van der Waals surface area (Å²) in [5.41, 5.74) is 2.92. The van der Waals surface area contributed by atoms with Gasteiger partial charge in [0, 0.05) is 6.54 Å². The number of amides is 2. The van der Waals surface area contributed by atoms with E-state index in [-0.39, 0.29) is 13.2 Å². The van der Waals surface area contributed by atoms with E-state index < -0.39 is 46.0 Å². The van der Waals surface area contributed by atoms with Gasteiger partial charge >= 0.3 is 11.9 Å². The number of nitrogens with two attached hydrogens (primary N) is 1. The van der Waals surface area contributed by atoms with Gasteiger partial charge in [0.25, 0.3) is 5.91 Å². The molecule has 21 heavy (non-hydrogen) atoms. The molecular formula is C12H12N2O7. The summed E-state index contributed by atoms with van der Waals surface area (Å²) in [5, 5.41) is 28.8. The van der Waals surface area contributed by atoms with Crippen LogP contribution in [0.15, 0.2) is 12.1 Å². The zero-order chi connectivity index (χ0) is 16.2. The van der Waals surface area contributed by atoms with E-state index in [9.17, 15) is 19.2 Å². The van der Waals surface area contributed by atoms with Crippen LogP contribution in [0.1, 0.15) is 41.4 Å². The lowest BCUT2D eigenvalue weighted by Crippen LogP contribution is -2.29. The number of benzene rings is 1. The monoisotopic (exact) mass is 296 g/mol. The highest BCUT2D eigenvalue weighted by molar-refractivity contribution is 6.11. The van der Waals surface area contributed by atoms with Crippen LogP contribution in [0.4, 0.5) is 0 Å². The second-order valence-corrected chi connectivity index (χ2v) is 3.90. The van der Waals surface area contributed by atoms with Gasteiger partial charge in [0.15, 0.2) is 0 Å². The average molecular weight is 296 g/mol. The number of rotatable bonds is 6. The first-order valence-electron chi connectivity index (χ1n) is 5.63. The largest absolute Gasteiger partial charge is 0.478 e. The van der Waals surface area contributed by atoms with Gasteiger partial charge in [-0.1, -0.05) is 0 Å². The minimum atomic E-state index is -1.55. The number of primary amides is 1. The van der Waals surface area contributed by atoms with E-state index in [1.54, 1.807) is 0 Å². The van der Waals surface area contributed by atoms with Crippen molar-refractivity contribution in [3.63, 3.8) is 0 Å². The molecule has 0 unspecified atom stereocenters. The number of carboxylic acid groups (broad SMARTS) is 2. The molecule has 0 spiro atoms. The molecule has 6 N–H and O–H groups in total. The van der Waals surface area contributed by atoms with Crippen LogP contribution < -0.4 is 11.1 Å². The fourth-order valence-electron chi connectivity index (χ4n) is 1.61. The first-order valence-corrected chi connectivity index (χ1v) is 5.63. The fourth-order valence-corrected chi connectivity index (χ4v) is 1.61. The third kappa shape index (κ3) is 3.54. The first-order chi connectivity index (χ1) is 9.79. The highest BCUT2D eigenvalue weighted by Crippen LogP contribution is 2.18. The molecule has 9 heteroatoms. The molecule has 1 aromatic carbocycles. The highest BCUT2D eigenvalue weighted by atomic mass is 16.4. The van der Waals surface area contributed by atoms with E-state index in [1.807, 2.05) is 0 Å². The van der Waals surface area contributed by atoms with Crippen molar-refractivity contribution in [1.29, 1.82) is 0 Å². The SMILES string of the molecule is NC(=O)c1cc(C(=O)NCCO)c(C(=O)O)cc1C(=O)O. The maximum Gasteiger partial charge on any atom is 0.336 e. The molecule has 0 aliphatic carbocycles. The van der Waals surface area contributed by atoms with Gasteiger partial charge in [0.05, 0.1) is 28.9 Å². The van der Waals surface area contributed by atoms with Crippen molar-refractivity contribution >= 4 is 23.8 Å². The summed E-state index contributed by atoms with van der Waals surface area (Å²) in [6.45, 7) is -0.505. The Morgan fingerprint density at radius 2 is 1.43 bits per heavy atom. The number of carboxylic acids is 2. The number of aliphatic hydroxyl groups is 1. The van der Waals surface area contributed by atoms with Gasteiger partial charge in [-0.3, -0.25) is 9.59 Å². The molecule has 0 aromatic heterocycles. The topological polar surface area (TPSA) is 167 Å². The molecule has 0 atom stereocenters. The Bertz CT molecular complexity index is 624. The van der Waals surface area contributed by atoms with Crippen LogP contribution in [0.2, 0.25) is 0 Å². The van der Waals surface area contributed by atoms with Gasteiger partial charge in [0.2, 0.25) is 5.91 Å². The molecule has 0 saturated carbocycles. The van der Waals surface area contributed by atoms with Crippen LogP contribution in [0.25, 0.3) is 0 Å². The van der Waals surface area contributed by atoms with Gasteiger partial charge in [-0.05, 0) is 12.1 Å². The molecule has 112 valence electrons. The number of hydrogen-bond acceptors (Lipinski definition) is 5. The summed E-state index contributed by atoms with van der Waals surface area (Å²) in [4.78, 5) is 45.2. The van der Waals surface area contributed by atoms with Gasteiger partial charge in [-0.25, -0.2) is 9.59 Å². The van der Waals surface area contributed by atoms with Crippen molar-refractivity contribution in [3.05, 3.63) is 34.4 Å². The highest BCUT2D eigenvalue weighted by Gasteiger charge is 2.24. The molecule has 0 bridgehead atoms. The smallest absolute Gasteiger partial charge is 0.336 e. The molecule has 1 aromatic rings. The minimum Gasteiger partial charge on any atom is -0.478 e. The molecule has 0 saturated heterocycles. The molecule has 0 aliphatic heterocycles. The van der Waals surface area contributed by atoms with E-state index in [2.05, 4.69) is 5.32 Å². The normalized spacial score (nSPS) is 9.95. The molecule has 0 radical (unpaired) electrons. The molecule has 2 amide bonds. The lowest BCUT2D eigenvalue weighted by molar-refractivity contribution is 0.0688. The zero-order valence-electron chi connectivity index (χ0n) is 10.6. The third-order valence-electron chi connectivity index (χ3n) is 2.53. The van der Waals surface area contributed by atoms with E-state index in [0.717, 1.165) is 6.07 Å². The maximum atomic E-state index is 11.8. The Hall–Kier alpha value is -2.94. The quantitative estimate of drug-likeness (QED) is 0.444. The number of aromatic carboxylic acids is 2. The van der Waals surface area contributed by atoms with Crippen molar-refractivity contribution in [2.75, 3.05) is 13.2 Å². The Labute approximate surface area is 118 Å². The van der Waals surface area contributed by atoms with Gasteiger partial charge in [0.1, 0.15) is 0 Å². The second kappa shape index (κ2) is 6.48. The van der Waals surface area contributed by atoms with Crippen LogP contribution >= 0.6 is 0 Å². The van der Waals surface area contributed by atoms with Crippen molar-refractivity contribution in [2.24, 2.45) is 5.73 Å². The Morgan fingerprint density at radius 3 is 1.86 bits per heavy atom. The van der Waals surface area contributed by atoms with E-state index in [4.69, 9.17) is 21.1 Å². The molecular weight excluding hydrogens is 284 g/mol. The number of carbonyl (C=O) groups is 4. The summed E-state index contributed by atoms with van der Waals surface area (Å²) in [7, 11) is 0. The van der Waals surface area contributed by atoms with Crippen LogP contribution in [0, 0.1) is 0 Å². The summed E-state index contributed by atoms with van der Waals surface area (Å²) >= 11 is 0. The standard InChI is InChI=1S/C12H12N2O7/c13-9(16)5-3-6(10(17)14-1-2-15)8(12(20)21)4-7(5)11(18)19/h3-4,15H,1-2H2,(H2,13,16)(H,14,17)(H,18,19)(H,20,21). The lowest BCUT2D eigenvalue weighted by atomic mass is 9.97. The van der Waals surface area contributed by atoms with Crippen LogP contribution in [-0.4, -0.2) is 52.2 Å². The fraction of sp³-hybridized carbons (Fsp3) is 0.167. The Kier molecular flexibility index (Phi) is 4.97. The predicted molar refractivity (Wildman–Crippen MR) is 68.3 cm³/mol. The van der Waals surface area contributed by atoms with Gasteiger partial charge in [-0.15, -0.1) is 0 Å². The van der Waals surface area contributed by atoms with Crippen LogP contribution in [0.5, 0.6) is 0 Å². The van der Waals surface area contributed by atoms with Crippen LogP contribution in [0.3, 0.4) is 0 Å². The predicted octanol–water partition coefficient (Wildman–Crippen LogP) is -1.10. The van der Waals surface area contributed by atoms with Gasteiger partial charge < -0.3 is 26.4 Å². The minimum absolute atomic E-state index is 0.134. The molecule has 9 nitrogen and oxygen atoms in total. The second-order valence-electron chi connectivity index (χ2n) is 3.90. The molecule has 0 aliphatic rings. The lowest BCUT2D eigenvalue weighted by Gasteiger charge is -2.10. The maximum absolute atomic E-state index is 11.8. The first kappa shape index (κ1) is 16.1. The Morgan fingerprint density at radius 1 is 0.952 bits per heavy atom. The summed E-state index contributed by atoms with van der Waals surface area (Å²) in [5.74, 6) is -5.07. The van der Waals surface area contributed by atoms with E-state index >= 15 is 0 Å². The van der Waals surface area contributed by atoms with Crippen molar-refractivity contribution < 1.29 is 34.5 Å². The van der Waals surface area contributed by atoms with Crippen molar-refractivity contribution in [1.82, 2.24) is 5.32 Å². The number of carbonyl (C=O) groups excluding carboxylic acids is 2.